The highest BCUT2D eigenvalue weighted by atomic mass is 19.1. The number of nitrogens with zero attached hydrogens (tertiary/aromatic N) is 2. The second kappa shape index (κ2) is 3.65. The molecule has 0 aliphatic carbocycles. The third kappa shape index (κ3) is 1.72. The van der Waals surface area contributed by atoms with E-state index >= 15 is 0 Å². The number of carbonyl (C=O) groups is 1. The Bertz CT molecular complexity index is 551. The number of rotatable bonds is 2. The van der Waals surface area contributed by atoms with Crippen LogP contribution in [-0.2, 0) is 0 Å². The van der Waals surface area contributed by atoms with Crippen molar-refractivity contribution in [2.45, 2.75) is 0 Å². The first kappa shape index (κ1) is 10.2. The summed E-state index contributed by atoms with van der Waals surface area (Å²) in [5.41, 5.74) is 5.61. The van der Waals surface area contributed by atoms with Gasteiger partial charge in [0, 0.05) is 6.07 Å². The maximum atomic E-state index is 13.0. The highest BCUT2D eigenvalue weighted by molar-refractivity contribution is 5.87. The fourth-order valence-corrected chi connectivity index (χ4v) is 1.36. The Labute approximate surface area is 89.9 Å². The number of aromatic nitrogens is 2. The Kier molecular flexibility index (Phi) is 2.32. The summed E-state index contributed by atoms with van der Waals surface area (Å²) >= 11 is 0. The molecule has 0 saturated carbocycles. The first-order valence-corrected chi connectivity index (χ1v) is 4.42. The van der Waals surface area contributed by atoms with Crippen LogP contribution in [-0.4, -0.2) is 20.9 Å². The van der Waals surface area contributed by atoms with Crippen molar-refractivity contribution >= 4 is 11.8 Å². The van der Waals surface area contributed by atoms with Gasteiger partial charge in [-0.05, 0) is 18.2 Å². The van der Waals surface area contributed by atoms with Gasteiger partial charge in [-0.2, -0.15) is 0 Å². The largest absolute Gasteiger partial charge is 0.477 e. The van der Waals surface area contributed by atoms with E-state index in [1.807, 2.05) is 0 Å². The quantitative estimate of drug-likeness (QED) is 0.800. The van der Waals surface area contributed by atoms with E-state index < -0.39 is 11.8 Å². The zero-order valence-corrected chi connectivity index (χ0v) is 8.09. The summed E-state index contributed by atoms with van der Waals surface area (Å²) in [6.07, 6.45) is 0. The molecule has 0 aliphatic heterocycles. The van der Waals surface area contributed by atoms with Crippen molar-refractivity contribution < 1.29 is 14.3 Å². The molecule has 0 bridgehead atoms. The summed E-state index contributed by atoms with van der Waals surface area (Å²) in [7, 11) is 0. The summed E-state index contributed by atoms with van der Waals surface area (Å²) in [5, 5.41) is 12.7. The molecular weight excluding hydrogens is 213 g/mol. The monoisotopic (exact) mass is 221 g/mol. The molecule has 16 heavy (non-hydrogen) atoms. The number of hydrogen-bond acceptors (Lipinski definition) is 3. The zero-order valence-electron chi connectivity index (χ0n) is 8.09. The Morgan fingerprint density at radius 1 is 1.44 bits per heavy atom. The maximum absolute atomic E-state index is 13.0. The fourth-order valence-electron chi connectivity index (χ4n) is 1.36. The molecule has 0 unspecified atom stereocenters. The van der Waals surface area contributed by atoms with Crippen LogP contribution in [0.1, 0.15) is 10.5 Å². The van der Waals surface area contributed by atoms with Crippen molar-refractivity contribution in [2.75, 3.05) is 5.73 Å². The molecular formula is C10H8FN3O2. The van der Waals surface area contributed by atoms with E-state index in [1.54, 1.807) is 6.07 Å². The van der Waals surface area contributed by atoms with Gasteiger partial charge in [-0.15, -0.1) is 5.10 Å². The van der Waals surface area contributed by atoms with E-state index in [1.165, 1.54) is 24.3 Å². The summed E-state index contributed by atoms with van der Waals surface area (Å²) in [6.45, 7) is 0. The van der Waals surface area contributed by atoms with Crippen molar-refractivity contribution in [2.24, 2.45) is 0 Å². The Morgan fingerprint density at radius 2 is 2.19 bits per heavy atom. The topological polar surface area (TPSA) is 81.1 Å². The second-order valence-electron chi connectivity index (χ2n) is 3.15. The number of benzene rings is 1. The van der Waals surface area contributed by atoms with Crippen LogP contribution in [0.4, 0.5) is 10.2 Å². The van der Waals surface area contributed by atoms with Gasteiger partial charge in [0.05, 0.1) is 5.69 Å². The molecule has 1 aromatic carbocycles. The van der Waals surface area contributed by atoms with Crippen molar-refractivity contribution in [1.29, 1.82) is 0 Å². The van der Waals surface area contributed by atoms with E-state index in [9.17, 15) is 9.18 Å². The lowest BCUT2D eigenvalue weighted by molar-refractivity contribution is 0.0687. The molecule has 6 heteroatoms. The molecule has 0 aliphatic rings. The minimum absolute atomic E-state index is 0.0710. The van der Waals surface area contributed by atoms with Crippen molar-refractivity contribution in [3.63, 3.8) is 0 Å². The van der Waals surface area contributed by atoms with Crippen LogP contribution >= 0.6 is 0 Å². The number of hydrogen-bond donors (Lipinski definition) is 2. The van der Waals surface area contributed by atoms with Crippen LogP contribution in [0.3, 0.4) is 0 Å². The highest BCUT2D eigenvalue weighted by Crippen LogP contribution is 2.14. The van der Waals surface area contributed by atoms with Crippen LogP contribution in [0.5, 0.6) is 0 Å². The molecule has 0 saturated heterocycles. The zero-order chi connectivity index (χ0) is 11.7. The van der Waals surface area contributed by atoms with E-state index in [-0.39, 0.29) is 11.5 Å². The average molecular weight is 221 g/mol. The van der Waals surface area contributed by atoms with Gasteiger partial charge in [-0.3, -0.25) is 0 Å². The number of carboxylic acid groups (broad SMARTS) is 1. The predicted octanol–water partition coefficient (Wildman–Crippen LogP) is 1.29. The van der Waals surface area contributed by atoms with Crippen LogP contribution in [0.25, 0.3) is 5.69 Å². The Hall–Kier alpha value is -2.37. The summed E-state index contributed by atoms with van der Waals surface area (Å²) in [6, 6.07) is 6.67. The van der Waals surface area contributed by atoms with Crippen LogP contribution in [0, 0.1) is 5.82 Å². The highest BCUT2D eigenvalue weighted by Gasteiger charge is 2.14. The normalized spacial score (nSPS) is 10.3. The number of carboxylic acids is 1. The molecule has 5 nitrogen and oxygen atoms in total. The van der Waals surface area contributed by atoms with E-state index in [0.717, 1.165) is 4.68 Å². The average Bonchev–Trinajstić information content (AvgIpc) is 2.60. The molecule has 82 valence electrons. The van der Waals surface area contributed by atoms with Gasteiger partial charge >= 0.3 is 5.97 Å². The van der Waals surface area contributed by atoms with Gasteiger partial charge in [0.2, 0.25) is 0 Å². The first-order chi connectivity index (χ1) is 7.58. The minimum Gasteiger partial charge on any atom is -0.477 e. The molecule has 0 spiro atoms. The SMILES string of the molecule is Nc1cc(C(=O)O)n(-c2cccc(F)c2)n1. The fraction of sp³-hybridized carbons (Fsp3) is 0. The van der Waals surface area contributed by atoms with Crippen LogP contribution < -0.4 is 5.73 Å². The van der Waals surface area contributed by atoms with E-state index in [2.05, 4.69) is 5.10 Å². The lowest BCUT2D eigenvalue weighted by atomic mass is 10.3. The van der Waals surface area contributed by atoms with Gasteiger partial charge in [-0.25, -0.2) is 13.9 Å². The number of nitrogen functional groups attached to an aromatic ring is 1. The van der Waals surface area contributed by atoms with Gasteiger partial charge in [-0.1, -0.05) is 6.07 Å². The number of anilines is 1. The molecule has 0 atom stereocenters. The lowest BCUT2D eigenvalue weighted by Crippen LogP contribution is -2.08. The summed E-state index contributed by atoms with van der Waals surface area (Å²) in [4.78, 5) is 10.9. The predicted molar refractivity (Wildman–Crippen MR) is 54.9 cm³/mol. The van der Waals surface area contributed by atoms with E-state index in [4.69, 9.17) is 10.8 Å². The molecule has 2 aromatic rings. The molecule has 2 rings (SSSR count). The maximum Gasteiger partial charge on any atom is 0.354 e. The Balaban J connectivity index is 2.59. The van der Waals surface area contributed by atoms with Crippen LogP contribution in [0.2, 0.25) is 0 Å². The molecule has 1 heterocycles. The van der Waals surface area contributed by atoms with Crippen molar-refractivity contribution in [1.82, 2.24) is 9.78 Å². The Morgan fingerprint density at radius 3 is 2.81 bits per heavy atom. The molecule has 0 fully saturated rings. The molecule has 3 N–H and O–H groups in total. The van der Waals surface area contributed by atoms with Crippen molar-refractivity contribution in [3.8, 4) is 5.69 Å². The second-order valence-corrected chi connectivity index (χ2v) is 3.15. The lowest BCUT2D eigenvalue weighted by Gasteiger charge is -2.03. The van der Waals surface area contributed by atoms with Gasteiger partial charge in [0.25, 0.3) is 0 Å². The standard InChI is InChI=1S/C10H8FN3O2/c11-6-2-1-3-7(4-6)14-8(10(15)16)5-9(12)13-14/h1-5H,(H2,12,13)(H,15,16). The molecule has 1 aromatic heterocycles. The molecule has 0 amide bonds. The smallest absolute Gasteiger partial charge is 0.354 e. The van der Waals surface area contributed by atoms with Crippen LogP contribution in [0.15, 0.2) is 30.3 Å². The van der Waals surface area contributed by atoms with E-state index in [0.29, 0.717) is 5.69 Å². The molecule has 0 radical (unpaired) electrons. The van der Waals surface area contributed by atoms with Gasteiger partial charge in [0.1, 0.15) is 11.6 Å². The third-order valence-electron chi connectivity index (χ3n) is 2.00. The number of halogens is 1. The third-order valence-corrected chi connectivity index (χ3v) is 2.00. The number of nitrogens with two attached hydrogens (primary N) is 1. The number of aromatic carboxylic acids is 1. The summed E-state index contributed by atoms with van der Waals surface area (Å²) < 4.78 is 14.1. The van der Waals surface area contributed by atoms with Gasteiger partial charge < -0.3 is 10.8 Å². The van der Waals surface area contributed by atoms with Crippen molar-refractivity contribution in [3.05, 3.63) is 41.8 Å². The first-order valence-electron chi connectivity index (χ1n) is 4.42. The minimum atomic E-state index is -1.17. The summed E-state index contributed by atoms with van der Waals surface area (Å²) in [5.74, 6) is -1.57. The van der Waals surface area contributed by atoms with Gasteiger partial charge in [0.15, 0.2) is 5.69 Å².